The Bertz CT molecular complexity index is 1030. The molecule has 3 aromatic rings. The smallest absolute Gasteiger partial charge is 0.247 e. The maximum absolute atomic E-state index is 12.5. The molecular formula is C19H21N3O3S. The molecule has 1 aromatic heterocycles. The summed E-state index contributed by atoms with van der Waals surface area (Å²) in [6.45, 7) is 5.80. The maximum Gasteiger partial charge on any atom is 0.247 e. The average Bonchev–Trinajstić information content (AvgIpc) is 3.06. The van der Waals surface area contributed by atoms with Gasteiger partial charge in [-0.15, -0.1) is 10.2 Å². The minimum atomic E-state index is -3.58. The summed E-state index contributed by atoms with van der Waals surface area (Å²) in [7, 11) is -3.58. The van der Waals surface area contributed by atoms with Gasteiger partial charge in [0.15, 0.2) is 0 Å². The highest BCUT2D eigenvalue weighted by atomic mass is 32.2. The Balaban J connectivity index is 1.67. The Hall–Kier alpha value is -2.51. The van der Waals surface area contributed by atoms with Crippen molar-refractivity contribution in [2.45, 2.75) is 32.1 Å². The van der Waals surface area contributed by atoms with Crippen molar-refractivity contribution in [2.24, 2.45) is 0 Å². The van der Waals surface area contributed by atoms with Crippen molar-refractivity contribution in [3.8, 4) is 11.5 Å². The molecule has 0 radical (unpaired) electrons. The summed E-state index contributed by atoms with van der Waals surface area (Å²) in [5.41, 5.74) is 3.53. The maximum atomic E-state index is 12.5. The van der Waals surface area contributed by atoms with Gasteiger partial charge in [-0.1, -0.05) is 30.3 Å². The van der Waals surface area contributed by atoms with Gasteiger partial charge in [-0.3, -0.25) is 0 Å². The first kappa shape index (κ1) is 18.3. The number of hydrogen-bond donors (Lipinski definition) is 1. The van der Waals surface area contributed by atoms with E-state index < -0.39 is 10.0 Å². The second-order valence-corrected chi connectivity index (χ2v) is 7.97. The van der Waals surface area contributed by atoms with Crippen molar-refractivity contribution in [1.29, 1.82) is 0 Å². The number of aryl methyl sites for hydroxylation is 3. The second-order valence-electron chi connectivity index (χ2n) is 6.23. The lowest BCUT2D eigenvalue weighted by Gasteiger charge is -2.09. The van der Waals surface area contributed by atoms with Crippen molar-refractivity contribution in [3.05, 3.63) is 65.0 Å². The van der Waals surface area contributed by atoms with Crippen LogP contribution in [0.5, 0.6) is 0 Å². The molecule has 26 heavy (non-hydrogen) atoms. The molecule has 0 fully saturated rings. The van der Waals surface area contributed by atoms with Gasteiger partial charge in [0.05, 0.1) is 4.90 Å². The summed E-state index contributed by atoms with van der Waals surface area (Å²) in [4.78, 5) is 0.295. The van der Waals surface area contributed by atoms with Gasteiger partial charge in [0.1, 0.15) is 0 Å². The van der Waals surface area contributed by atoms with Crippen LogP contribution < -0.4 is 4.72 Å². The van der Waals surface area contributed by atoms with Crippen LogP contribution in [0, 0.1) is 20.8 Å². The zero-order chi connectivity index (χ0) is 18.7. The summed E-state index contributed by atoms with van der Waals surface area (Å²) in [5, 5.41) is 8.06. The number of nitrogens with zero attached hydrogens (tertiary/aromatic N) is 2. The standard InChI is InChI=1S/C19H21N3O3S/c1-13-8-9-15(3)17(12-13)26(23,24)20-11-10-18-21-22-19(25-18)16-7-5-4-6-14(16)2/h4-9,12,20H,10-11H2,1-3H3. The van der Waals surface area contributed by atoms with E-state index in [2.05, 4.69) is 14.9 Å². The monoisotopic (exact) mass is 371 g/mol. The van der Waals surface area contributed by atoms with Crippen LogP contribution in [0.1, 0.15) is 22.6 Å². The molecule has 0 bridgehead atoms. The van der Waals surface area contributed by atoms with Gasteiger partial charge < -0.3 is 4.42 Å². The third kappa shape index (κ3) is 4.00. The fourth-order valence-electron chi connectivity index (χ4n) is 2.64. The highest BCUT2D eigenvalue weighted by Crippen LogP contribution is 2.21. The molecule has 0 aliphatic carbocycles. The summed E-state index contributed by atoms with van der Waals surface area (Å²) in [6.07, 6.45) is 0.322. The van der Waals surface area contributed by atoms with E-state index in [1.165, 1.54) is 0 Å². The van der Waals surface area contributed by atoms with Crippen LogP contribution in [0.15, 0.2) is 51.8 Å². The lowest BCUT2D eigenvalue weighted by molar-refractivity contribution is 0.501. The number of hydrogen-bond acceptors (Lipinski definition) is 5. The Morgan fingerprint density at radius 3 is 2.54 bits per heavy atom. The van der Waals surface area contributed by atoms with E-state index in [4.69, 9.17) is 4.42 Å². The molecule has 0 atom stereocenters. The fourth-order valence-corrected chi connectivity index (χ4v) is 4.00. The molecule has 0 spiro atoms. The first-order chi connectivity index (χ1) is 12.4. The normalized spacial score (nSPS) is 11.7. The molecule has 0 aliphatic heterocycles. The SMILES string of the molecule is Cc1ccc(C)c(S(=O)(=O)NCCc2nnc(-c3ccccc3C)o2)c1. The molecule has 0 saturated heterocycles. The van der Waals surface area contributed by atoms with Crippen LogP contribution in [-0.4, -0.2) is 25.2 Å². The van der Waals surface area contributed by atoms with E-state index in [-0.39, 0.29) is 6.54 Å². The van der Waals surface area contributed by atoms with Gasteiger partial charge in [0, 0.05) is 18.5 Å². The van der Waals surface area contributed by atoms with Gasteiger partial charge in [0.2, 0.25) is 21.8 Å². The third-order valence-corrected chi connectivity index (χ3v) is 5.71. The lowest BCUT2D eigenvalue weighted by Crippen LogP contribution is -2.26. The molecule has 0 amide bonds. The summed E-state index contributed by atoms with van der Waals surface area (Å²) < 4.78 is 33.2. The highest BCUT2D eigenvalue weighted by molar-refractivity contribution is 7.89. The van der Waals surface area contributed by atoms with Gasteiger partial charge in [-0.2, -0.15) is 0 Å². The topological polar surface area (TPSA) is 85.1 Å². The van der Waals surface area contributed by atoms with E-state index in [1.807, 2.05) is 44.2 Å². The van der Waals surface area contributed by atoms with Crippen LogP contribution >= 0.6 is 0 Å². The number of sulfonamides is 1. The molecule has 0 unspecified atom stereocenters. The number of nitrogens with one attached hydrogen (secondary N) is 1. The Morgan fingerprint density at radius 1 is 1.00 bits per heavy atom. The Kier molecular flexibility index (Phi) is 5.20. The van der Waals surface area contributed by atoms with Crippen molar-refractivity contribution in [2.75, 3.05) is 6.54 Å². The molecule has 3 rings (SSSR count). The summed E-state index contributed by atoms with van der Waals surface area (Å²) in [6, 6.07) is 13.1. The fraction of sp³-hybridized carbons (Fsp3) is 0.263. The van der Waals surface area contributed by atoms with E-state index in [0.29, 0.717) is 28.7 Å². The van der Waals surface area contributed by atoms with Gasteiger partial charge >= 0.3 is 0 Å². The number of rotatable bonds is 6. The number of benzene rings is 2. The van der Waals surface area contributed by atoms with E-state index in [9.17, 15) is 8.42 Å². The zero-order valence-corrected chi connectivity index (χ0v) is 15.8. The minimum Gasteiger partial charge on any atom is -0.421 e. The first-order valence-corrected chi connectivity index (χ1v) is 9.80. The van der Waals surface area contributed by atoms with Crippen LogP contribution in [0.2, 0.25) is 0 Å². The van der Waals surface area contributed by atoms with E-state index >= 15 is 0 Å². The van der Waals surface area contributed by atoms with E-state index in [1.54, 1.807) is 19.1 Å². The largest absolute Gasteiger partial charge is 0.421 e. The Labute approximate surface area is 153 Å². The molecule has 1 N–H and O–H groups in total. The van der Waals surface area contributed by atoms with Crippen LogP contribution in [0.3, 0.4) is 0 Å². The summed E-state index contributed by atoms with van der Waals surface area (Å²) >= 11 is 0. The lowest BCUT2D eigenvalue weighted by atomic mass is 10.1. The predicted octanol–water partition coefficient (Wildman–Crippen LogP) is 3.18. The van der Waals surface area contributed by atoms with Gasteiger partial charge in [0.25, 0.3) is 0 Å². The van der Waals surface area contributed by atoms with Crippen molar-refractivity contribution in [1.82, 2.24) is 14.9 Å². The van der Waals surface area contributed by atoms with Crippen LogP contribution in [-0.2, 0) is 16.4 Å². The van der Waals surface area contributed by atoms with E-state index in [0.717, 1.165) is 16.7 Å². The molecular weight excluding hydrogens is 350 g/mol. The van der Waals surface area contributed by atoms with Crippen LogP contribution in [0.4, 0.5) is 0 Å². The van der Waals surface area contributed by atoms with Crippen LogP contribution in [0.25, 0.3) is 11.5 Å². The van der Waals surface area contributed by atoms with Crippen molar-refractivity contribution < 1.29 is 12.8 Å². The van der Waals surface area contributed by atoms with Gasteiger partial charge in [-0.25, -0.2) is 13.1 Å². The van der Waals surface area contributed by atoms with Gasteiger partial charge in [-0.05, 0) is 49.6 Å². The first-order valence-electron chi connectivity index (χ1n) is 8.32. The molecule has 0 aliphatic rings. The molecule has 2 aromatic carbocycles. The molecule has 136 valence electrons. The van der Waals surface area contributed by atoms with Crippen molar-refractivity contribution in [3.63, 3.8) is 0 Å². The minimum absolute atomic E-state index is 0.186. The average molecular weight is 371 g/mol. The zero-order valence-electron chi connectivity index (χ0n) is 15.0. The number of aromatic nitrogens is 2. The molecule has 1 heterocycles. The summed E-state index contributed by atoms with van der Waals surface area (Å²) in [5.74, 6) is 0.836. The Morgan fingerprint density at radius 2 is 1.77 bits per heavy atom. The molecule has 7 heteroatoms. The predicted molar refractivity (Wildman–Crippen MR) is 99.3 cm³/mol. The quantitative estimate of drug-likeness (QED) is 0.719. The highest BCUT2D eigenvalue weighted by Gasteiger charge is 2.17. The van der Waals surface area contributed by atoms with Crippen molar-refractivity contribution >= 4 is 10.0 Å². The third-order valence-electron chi connectivity index (χ3n) is 4.11. The second kappa shape index (κ2) is 7.39. The molecule has 0 saturated carbocycles. The molecule has 6 nitrogen and oxygen atoms in total.